The Bertz CT molecular complexity index is 1230. The zero-order chi connectivity index (χ0) is 21.2. The fourth-order valence-electron chi connectivity index (χ4n) is 5.41. The van der Waals surface area contributed by atoms with Crippen molar-refractivity contribution in [2.24, 2.45) is 5.41 Å². The van der Waals surface area contributed by atoms with Crippen LogP contribution in [0.25, 0.3) is 22.0 Å². The molecule has 1 spiro atoms. The van der Waals surface area contributed by atoms with Gasteiger partial charge >= 0.3 is 0 Å². The molecule has 6 heteroatoms. The van der Waals surface area contributed by atoms with Crippen LogP contribution in [0.15, 0.2) is 47.5 Å². The third kappa shape index (κ3) is 3.04. The number of benzene rings is 2. The maximum atomic E-state index is 13.5. The highest BCUT2D eigenvalue weighted by atomic mass is 16.7. The van der Waals surface area contributed by atoms with Gasteiger partial charge in [-0.15, -0.1) is 0 Å². The molecular weight excluding hydrogens is 390 g/mol. The molecule has 2 atom stereocenters. The Balaban J connectivity index is 1.36. The van der Waals surface area contributed by atoms with Gasteiger partial charge < -0.3 is 14.4 Å². The van der Waals surface area contributed by atoms with Gasteiger partial charge in [-0.05, 0) is 75.0 Å². The zero-order valence-corrected chi connectivity index (χ0v) is 18.0. The molecule has 31 heavy (non-hydrogen) atoms. The summed E-state index contributed by atoms with van der Waals surface area (Å²) in [5.41, 5.74) is 3.03. The van der Waals surface area contributed by atoms with Gasteiger partial charge in [0.25, 0.3) is 5.56 Å². The number of piperidine rings is 1. The highest BCUT2D eigenvalue weighted by Crippen LogP contribution is 2.60. The van der Waals surface area contributed by atoms with E-state index in [4.69, 9.17) is 9.47 Å². The lowest BCUT2D eigenvalue weighted by Crippen LogP contribution is -2.42. The predicted molar refractivity (Wildman–Crippen MR) is 120 cm³/mol. The number of hydrogen-bond acceptors (Lipinski definition) is 5. The molecule has 2 aliphatic heterocycles. The van der Waals surface area contributed by atoms with Crippen molar-refractivity contribution >= 4 is 10.9 Å². The molecule has 3 aromatic rings. The third-order valence-corrected chi connectivity index (χ3v) is 7.34. The van der Waals surface area contributed by atoms with Gasteiger partial charge in [0, 0.05) is 24.0 Å². The van der Waals surface area contributed by atoms with E-state index >= 15 is 0 Å². The SMILES string of the molecule is CC(C)N1CCCC2(CC2n2cnc3ccc(-c4ccc5c(c4)OCO5)cc3c2=O)C1. The van der Waals surface area contributed by atoms with Gasteiger partial charge in [0.1, 0.15) is 0 Å². The minimum Gasteiger partial charge on any atom is -0.454 e. The van der Waals surface area contributed by atoms with E-state index in [1.54, 1.807) is 6.33 Å². The number of hydrogen-bond donors (Lipinski definition) is 0. The Morgan fingerprint density at radius 2 is 1.90 bits per heavy atom. The molecular formula is C25H27N3O3. The van der Waals surface area contributed by atoms with Gasteiger partial charge in [0.05, 0.1) is 17.2 Å². The van der Waals surface area contributed by atoms with Crippen molar-refractivity contribution in [3.8, 4) is 22.6 Å². The summed E-state index contributed by atoms with van der Waals surface area (Å²) in [5, 5.41) is 0.677. The van der Waals surface area contributed by atoms with Crippen LogP contribution in [0.2, 0.25) is 0 Å². The van der Waals surface area contributed by atoms with Crippen LogP contribution in [0, 0.1) is 5.41 Å². The lowest BCUT2D eigenvalue weighted by molar-refractivity contribution is 0.119. The first-order valence-corrected chi connectivity index (χ1v) is 11.2. The summed E-state index contributed by atoms with van der Waals surface area (Å²) in [4.78, 5) is 20.7. The number of likely N-dealkylation sites (tertiary alicyclic amines) is 1. The van der Waals surface area contributed by atoms with E-state index in [1.807, 2.05) is 41.0 Å². The van der Waals surface area contributed by atoms with Gasteiger partial charge in [-0.1, -0.05) is 12.1 Å². The van der Waals surface area contributed by atoms with Crippen molar-refractivity contribution in [1.82, 2.24) is 14.5 Å². The topological polar surface area (TPSA) is 56.6 Å². The van der Waals surface area contributed by atoms with Crippen LogP contribution in [0.1, 0.15) is 39.2 Å². The molecule has 2 unspecified atom stereocenters. The van der Waals surface area contributed by atoms with Crippen molar-refractivity contribution in [3.05, 3.63) is 53.1 Å². The summed E-state index contributed by atoms with van der Waals surface area (Å²) >= 11 is 0. The Morgan fingerprint density at radius 1 is 1.10 bits per heavy atom. The minimum atomic E-state index is 0.0659. The van der Waals surface area contributed by atoms with Crippen molar-refractivity contribution in [1.29, 1.82) is 0 Å². The highest BCUT2D eigenvalue weighted by Gasteiger charge is 2.57. The summed E-state index contributed by atoms with van der Waals surface area (Å²) in [5.74, 6) is 1.50. The van der Waals surface area contributed by atoms with E-state index in [1.165, 1.54) is 12.8 Å². The molecule has 6 rings (SSSR count). The zero-order valence-electron chi connectivity index (χ0n) is 18.0. The Hall–Kier alpha value is -2.86. The van der Waals surface area contributed by atoms with Crippen LogP contribution < -0.4 is 15.0 Å². The average Bonchev–Trinajstić information content (AvgIpc) is 3.24. The Labute approximate surface area is 181 Å². The van der Waals surface area contributed by atoms with Crippen LogP contribution in [0.3, 0.4) is 0 Å². The molecule has 1 aliphatic carbocycles. The largest absolute Gasteiger partial charge is 0.454 e. The summed E-state index contributed by atoms with van der Waals surface area (Å²) < 4.78 is 12.8. The normalized spacial score (nSPS) is 24.9. The van der Waals surface area contributed by atoms with Gasteiger partial charge in [0.2, 0.25) is 6.79 Å². The molecule has 160 valence electrons. The van der Waals surface area contributed by atoms with Gasteiger partial charge in [-0.25, -0.2) is 4.98 Å². The van der Waals surface area contributed by atoms with Crippen molar-refractivity contribution in [2.45, 2.75) is 45.2 Å². The second kappa shape index (κ2) is 6.82. The molecule has 1 saturated carbocycles. The van der Waals surface area contributed by atoms with Crippen LogP contribution in [0.4, 0.5) is 0 Å². The van der Waals surface area contributed by atoms with Gasteiger partial charge in [-0.2, -0.15) is 0 Å². The van der Waals surface area contributed by atoms with Crippen molar-refractivity contribution in [3.63, 3.8) is 0 Å². The molecule has 0 radical (unpaired) electrons. The first kappa shape index (κ1) is 18.9. The molecule has 0 amide bonds. The first-order chi connectivity index (χ1) is 15.0. The molecule has 3 aliphatic rings. The van der Waals surface area contributed by atoms with E-state index in [-0.39, 0.29) is 23.8 Å². The molecule has 6 nitrogen and oxygen atoms in total. The third-order valence-electron chi connectivity index (χ3n) is 7.34. The maximum Gasteiger partial charge on any atom is 0.261 e. The molecule has 1 saturated heterocycles. The average molecular weight is 418 g/mol. The van der Waals surface area contributed by atoms with Crippen LogP contribution in [-0.2, 0) is 0 Å². The fraction of sp³-hybridized carbons (Fsp3) is 0.440. The number of aromatic nitrogens is 2. The monoisotopic (exact) mass is 417 g/mol. The van der Waals surface area contributed by atoms with E-state index in [0.717, 1.165) is 47.7 Å². The van der Waals surface area contributed by atoms with Crippen LogP contribution in [0.5, 0.6) is 11.5 Å². The number of fused-ring (bicyclic) bond motifs is 2. The van der Waals surface area contributed by atoms with E-state index in [0.29, 0.717) is 11.4 Å². The lowest BCUT2D eigenvalue weighted by Gasteiger charge is -2.36. The summed E-state index contributed by atoms with van der Waals surface area (Å²) in [7, 11) is 0. The summed E-state index contributed by atoms with van der Waals surface area (Å²) in [6, 6.07) is 12.6. The number of ether oxygens (including phenoxy) is 2. The van der Waals surface area contributed by atoms with E-state index in [9.17, 15) is 4.79 Å². The molecule has 0 bridgehead atoms. The fourth-order valence-corrected chi connectivity index (χ4v) is 5.41. The number of nitrogens with zero attached hydrogens (tertiary/aromatic N) is 3. The smallest absolute Gasteiger partial charge is 0.261 e. The highest BCUT2D eigenvalue weighted by molar-refractivity contribution is 5.84. The second-order valence-corrected chi connectivity index (χ2v) is 9.51. The van der Waals surface area contributed by atoms with Crippen molar-refractivity contribution in [2.75, 3.05) is 19.9 Å². The molecule has 1 aromatic heterocycles. The van der Waals surface area contributed by atoms with Gasteiger partial charge in [-0.3, -0.25) is 9.36 Å². The molecule has 2 aromatic carbocycles. The maximum absolute atomic E-state index is 13.5. The minimum absolute atomic E-state index is 0.0659. The lowest BCUT2D eigenvalue weighted by atomic mass is 9.93. The Morgan fingerprint density at radius 3 is 2.77 bits per heavy atom. The molecule has 2 fully saturated rings. The Kier molecular flexibility index (Phi) is 4.15. The standard InChI is InChI=1S/C25H27N3O3/c1-16(2)27-9-3-8-25(13-27)12-23(25)28-14-26-20-6-4-17(10-19(20)24(28)29)18-5-7-21-22(11-18)31-15-30-21/h4-7,10-11,14,16,23H,3,8-9,12-13,15H2,1-2H3. The predicted octanol–water partition coefficient (Wildman–Crippen LogP) is 4.23. The molecule has 3 heterocycles. The second-order valence-electron chi connectivity index (χ2n) is 9.51. The summed E-state index contributed by atoms with van der Waals surface area (Å²) in [6.07, 6.45) is 5.24. The summed E-state index contributed by atoms with van der Waals surface area (Å²) in [6.45, 7) is 7.02. The van der Waals surface area contributed by atoms with E-state index < -0.39 is 0 Å². The quantitative estimate of drug-likeness (QED) is 0.638. The number of rotatable bonds is 3. The van der Waals surface area contributed by atoms with Gasteiger partial charge in [0.15, 0.2) is 11.5 Å². The van der Waals surface area contributed by atoms with Crippen LogP contribution >= 0.6 is 0 Å². The van der Waals surface area contributed by atoms with E-state index in [2.05, 4.69) is 23.7 Å². The first-order valence-electron chi connectivity index (χ1n) is 11.2. The van der Waals surface area contributed by atoms with Crippen LogP contribution in [-0.4, -0.2) is 40.4 Å². The van der Waals surface area contributed by atoms with Crippen molar-refractivity contribution < 1.29 is 9.47 Å². The molecule has 0 N–H and O–H groups in total.